The van der Waals surface area contributed by atoms with Crippen molar-refractivity contribution in [2.75, 3.05) is 6.61 Å². The van der Waals surface area contributed by atoms with Crippen LogP contribution in [0.1, 0.15) is 36.7 Å². The molecule has 0 aliphatic carbocycles. The average Bonchev–Trinajstić information content (AvgIpc) is 3.17. The normalized spacial score (nSPS) is 21.7. The predicted molar refractivity (Wildman–Crippen MR) is 80.1 cm³/mol. The van der Waals surface area contributed by atoms with E-state index in [1.807, 2.05) is 25.4 Å². The van der Waals surface area contributed by atoms with Crippen molar-refractivity contribution < 1.29 is 13.9 Å². The first-order chi connectivity index (χ1) is 10.7. The maximum atomic E-state index is 12.2. The minimum atomic E-state index is -0.116. The molecule has 2 aromatic heterocycles. The summed E-state index contributed by atoms with van der Waals surface area (Å²) in [6, 6.07) is 3.72. The molecule has 2 aromatic rings. The molecule has 1 amide bonds. The van der Waals surface area contributed by atoms with Gasteiger partial charge < -0.3 is 14.5 Å². The van der Waals surface area contributed by atoms with Crippen LogP contribution in [0.15, 0.2) is 35.2 Å². The Bertz CT molecular complexity index is 606. The van der Waals surface area contributed by atoms with Gasteiger partial charge in [0.25, 0.3) is 0 Å². The van der Waals surface area contributed by atoms with Crippen LogP contribution in [0.4, 0.5) is 0 Å². The molecule has 0 saturated carbocycles. The maximum absolute atomic E-state index is 12.2. The molecule has 0 bridgehead atoms. The summed E-state index contributed by atoms with van der Waals surface area (Å²) in [6.07, 6.45) is 8.17. The predicted octanol–water partition coefficient (Wildman–Crippen LogP) is 1.98. The number of aromatic nitrogens is 2. The van der Waals surface area contributed by atoms with Gasteiger partial charge in [-0.1, -0.05) is 0 Å². The summed E-state index contributed by atoms with van der Waals surface area (Å²) in [5.41, 5.74) is 1.01. The first kappa shape index (κ1) is 14.8. The summed E-state index contributed by atoms with van der Waals surface area (Å²) in [6.45, 7) is 0.721. The van der Waals surface area contributed by atoms with E-state index < -0.39 is 0 Å². The van der Waals surface area contributed by atoms with Gasteiger partial charge in [-0.2, -0.15) is 5.10 Å². The Kier molecular flexibility index (Phi) is 4.58. The fourth-order valence-electron chi connectivity index (χ4n) is 2.82. The lowest BCUT2D eigenvalue weighted by molar-refractivity contribution is -0.124. The number of carbonyl (C=O) groups is 1. The molecule has 0 aromatic carbocycles. The smallest absolute Gasteiger partial charge is 0.220 e. The molecule has 2 atom stereocenters. The van der Waals surface area contributed by atoms with E-state index in [1.165, 1.54) is 0 Å². The quantitative estimate of drug-likeness (QED) is 0.917. The monoisotopic (exact) mass is 303 g/mol. The molecular formula is C16H21N3O3. The van der Waals surface area contributed by atoms with Gasteiger partial charge in [0, 0.05) is 38.3 Å². The largest absolute Gasteiger partial charge is 0.469 e. The minimum absolute atomic E-state index is 0.00190. The zero-order valence-corrected chi connectivity index (χ0v) is 12.7. The summed E-state index contributed by atoms with van der Waals surface area (Å²) >= 11 is 0. The lowest BCUT2D eigenvalue weighted by atomic mass is 9.98. The third kappa shape index (κ3) is 3.57. The van der Waals surface area contributed by atoms with E-state index >= 15 is 0 Å². The summed E-state index contributed by atoms with van der Waals surface area (Å²) in [4.78, 5) is 12.2. The molecule has 0 spiro atoms. The van der Waals surface area contributed by atoms with Crippen LogP contribution >= 0.6 is 0 Å². The summed E-state index contributed by atoms with van der Waals surface area (Å²) in [5, 5.41) is 7.28. The first-order valence-corrected chi connectivity index (χ1v) is 7.64. The van der Waals surface area contributed by atoms with Gasteiger partial charge in [-0.3, -0.25) is 9.48 Å². The third-order valence-corrected chi connectivity index (χ3v) is 3.90. The van der Waals surface area contributed by atoms with Gasteiger partial charge in [0.1, 0.15) is 11.9 Å². The second kappa shape index (κ2) is 6.79. The molecule has 1 aliphatic rings. The molecule has 1 aliphatic heterocycles. The van der Waals surface area contributed by atoms with Crippen molar-refractivity contribution >= 4 is 5.91 Å². The van der Waals surface area contributed by atoms with E-state index in [2.05, 4.69) is 10.4 Å². The van der Waals surface area contributed by atoms with Crippen LogP contribution in [0.3, 0.4) is 0 Å². The molecule has 3 heterocycles. The fourth-order valence-corrected chi connectivity index (χ4v) is 2.82. The molecule has 118 valence electrons. The van der Waals surface area contributed by atoms with E-state index in [4.69, 9.17) is 9.15 Å². The number of nitrogens with zero attached hydrogens (tertiary/aromatic N) is 2. The number of nitrogens with one attached hydrogen (secondary N) is 1. The molecular weight excluding hydrogens is 282 g/mol. The molecule has 0 radical (unpaired) electrons. The number of hydrogen-bond donors (Lipinski definition) is 1. The molecule has 6 heteroatoms. The highest BCUT2D eigenvalue weighted by Gasteiger charge is 2.29. The Balaban J connectivity index is 1.57. The Hall–Kier alpha value is -2.08. The van der Waals surface area contributed by atoms with Crippen molar-refractivity contribution in [3.05, 3.63) is 42.1 Å². The van der Waals surface area contributed by atoms with Crippen LogP contribution < -0.4 is 5.32 Å². The van der Waals surface area contributed by atoms with E-state index in [-0.39, 0.29) is 18.1 Å². The fraction of sp³-hybridized carbons (Fsp3) is 0.500. The van der Waals surface area contributed by atoms with Crippen molar-refractivity contribution in [2.24, 2.45) is 7.05 Å². The van der Waals surface area contributed by atoms with Crippen LogP contribution in [0.2, 0.25) is 0 Å². The number of aryl methyl sites for hydroxylation is 2. The number of ether oxygens (including phenoxy) is 1. The van der Waals surface area contributed by atoms with Crippen molar-refractivity contribution in [1.82, 2.24) is 15.1 Å². The van der Waals surface area contributed by atoms with Crippen molar-refractivity contribution in [2.45, 2.75) is 37.8 Å². The molecule has 3 rings (SSSR count). The number of rotatable bonds is 5. The molecule has 1 saturated heterocycles. The van der Waals surface area contributed by atoms with Crippen LogP contribution in [-0.4, -0.2) is 28.3 Å². The van der Waals surface area contributed by atoms with Gasteiger partial charge in [-0.15, -0.1) is 0 Å². The van der Waals surface area contributed by atoms with Gasteiger partial charge >= 0.3 is 0 Å². The Morgan fingerprint density at radius 2 is 2.45 bits per heavy atom. The Morgan fingerprint density at radius 1 is 1.55 bits per heavy atom. The minimum Gasteiger partial charge on any atom is -0.469 e. The Labute approximate surface area is 129 Å². The number of carbonyl (C=O) groups excluding carboxylic acids is 1. The van der Waals surface area contributed by atoms with Gasteiger partial charge in [-0.25, -0.2) is 0 Å². The molecule has 6 nitrogen and oxygen atoms in total. The third-order valence-electron chi connectivity index (χ3n) is 3.90. The zero-order valence-electron chi connectivity index (χ0n) is 12.7. The van der Waals surface area contributed by atoms with E-state index in [0.717, 1.165) is 30.8 Å². The van der Waals surface area contributed by atoms with E-state index in [9.17, 15) is 4.79 Å². The zero-order chi connectivity index (χ0) is 15.4. The van der Waals surface area contributed by atoms with E-state index in [0.29, 0.717) is 12.8 Å². The van der Waals surface area contributed by atoms with Crippen molar-refractivity contribution in [3.8, 4) is 0 Å². The lowest BCUT2D eigenvalue weighted by Gasteiger charge is -2.31. The van der Waals surface area contributed by atoms with Gasteiger partial charge in [0.2, 0.25) is 5.91 Å². The van der Waals surface area contributed by atoms with E-state index in [1.54, 1.807) is 17.1 Å². The average molecular weight is 303 g/mol. The lowest BCUT2D eigenvalue weighted by Crippen LogP contribution is -2.42. The van der Waals surface area contributed by atoms with Gasteiger partial charge in [0.15, 0.2) is 0 Å². The molecule has 1 N–H and O–H groups in total. The van der Waals surface area contributed by atoms with Crippen molar-refractivity contribution in [3.63, 3.8) is 0 Å². The molecule has 0 unspecified atom stereocenters. The first-order valence-electron chi connectivity index (χ1n) is 7.64. The van der Waals surface area contributed by atoms with Gasteiger partial charge in [0.05, 0.1) is 18.5 Å². The van der Waals surface area contributed by atoms with Crippen LogP contribution in [0.25, 0.3) is 0 Å². The highest BCUT2D eigenvalue weighted by Crippen LogP contribution is 2.28. The topological polar surface area (TPSA) is 69.3 Å². The summed E-state index contributed by atoms with van der Waals surface area (Å²) in [7, 11) is 1.88. The summed E-state index contributed by atoms with van der Waals surface area (Å²) in [5.74, 6) is 0.861. The SMILES string of the molecule is Cn1cc([C@H]2OCCC[C@@H]2NC(=O)CCc2ccco2)cn1. The standard InChI is InChI=1S/C16H21N3O3/c1-19-11-12(10-17-19)16-14(5-3-9-22-16)18-15(20)7-6-13-4-2-8-21-13/h2,4,8,10-11,14,16H,3,5-7,9H2,1H3,(H,18,20)/t14-,16+/m0/s1. The maximum Gasteiger partial charge on any atom is 0.220 e. The number of furan rings is 1. The molecule has 22 heavy (non-hydrogen) atoms. The van der Waals surface area contributed by atoms with Crippen LogP contribution in [0.5, 0.6) is 0 Å². The number of amides is 1. The summed E-state index contributed by atoms with van der Waals surface area (Å²) < 4.78 is 12.9. The van der Waals surface area contributed by atoms with Crippen LogP contribution in [-0.2, 0) is 23.0 Å². The second-order valence-corrected chi connectivity index (χ2v) is 5.63. The van der Waals surface area contributed by atoms with Gasteiger partial charge in [-0.05, 0) is 25.0 Å². The molecule has 1 fully saturated rings. The Morgan fingerprint density at radius 3 is 3.18 bits per heavy atom. The van der Waals surface area contributed by atoms with Crippen LogP contribution in [0, 0.1) is 0 Å². The highest BCUT2D eigenvalue weighted by molar-refractivity contribution is 5.76. The second-order valence-electron chi connectivity index (χ2n) is 5.63. The number of hydrogen-bond acceptors (Lipinski definition) is 4. The van der Waals surface area contributed by atoms with Crippen molar-refractivity contribution in [1.29, 1.82) is 0 Å². The highest BCUT2D eigenvalue weighted by atomic mass is 16.5.